The Bertz CT molecular complexity index is 1360. The number of rotatable bonds is 70. The second-order valence-electron chi connectivity index (χ2n) is 28.1. The van der Waals surface area contributed by atoms with Gasteiger partial charge in [-0.2, -0.15) is 0 Å². The van der Waals surface area contributed by atoms with E-state index >= 15 is 0 Å². The molecule has 4 amide bonds. The van der Waals surface area contributed by atoms with Gasteiger partial charge in [-0.15, -0.1) is 0 Å². The van der Waals surface area contributed by atoms with Crippen molar-refractivity contribution in [2.75, 3.05) is 40.4 Å². The van der Waals surface area contributed by atoms with Crippen LogP contribution in [0.25, 0.3) is 0 Å². The van der Waals surface area contributed by atoms with E-state index in [1.807, 2.05) is 0 Å². The van der Waals surface area contributed by atoms with Crippen molar-refractivity contribution in [3.8, 4) is 0 Å². The minimum absolute atomic E-state index is 0. The summed E-state index contributed by atoms with van der Waals surface area (Å²) in [6.45, 7) is 15.6. The van der Waals surface area contributed by atoms with Crippen molar-refractivity contribution in [1.82, 2.24) is 21.3 Å². The summed E-state index contributed by atoms with van der Waals surface area (Å²) in [5, 5.41) is 11.5. The third kappa shape index (κ3) is 74.9. The largest absolute Gasteiger partial charge is 0.453 e. The molecule has 4 unspecified atom stereocenters. The van der Waals surface area contributed by atoms with E-state index in [1.165, 1.54) is 374 Å². The van der Waals surface area contributed by atoms with Crippen LogP contribution in [0.4, 0.5) is 9.59 Å². The molecule has 0 aliphatic rings. The Labute approximate surface area is 576 Å². The van der Waals surface area contributed by atoms with Crippen LogP contribution in [0.1, 0.15) is 442 Å². The van der Waals surface area contributed by atoms with Crippen molar-refractivity contribution < 1.29 is 28.7 Å². The Morgan fingerprint density at radius 3 is 0.522 bits per heavy atom. The van der Waals surface area contributed by atoms with Gasteiger partial charge in [0.2, 0.25) is 11.8 Å². The zero-order valence-corrected chi connectivity index (χ0v) is 62.0. The lowest BCUT2D eigenvalue weighted by Crippen LogP contribution is -2.23. The molecule has 0 rings (SSSR count). The van der Waals surface area contributed by atoms with E-state index < -0.39 is 0 Å². The van der Waals surface area contributed by atoms with Crippen molar-refractivity contribution in [3.05, 3.63) is 0 Å². The van der Waals surface area contributed by atoms with Crippen LogP contribution >= 0.6 is 0 Å². The summed E-state index contributed by atoms with van der Waals surface area (Å²) in [7, 11) is 2.85. The van der Waals surface area contributed by atoms with Gasteiger partial charge < -0.3 is 30.7 Å². The molecule has 0 heterocycles. The van der Waals surface area contributed by atoms with Gasteiger partial charge in [-0.3, -0.25) is 9.59 Å². The lowest BCUT2D eigenvalue weighted by molar-refractivity contribution is -0.119. The quantitative estimate of drug-likeness (QED) is 0.0448. The van der Waals surface area contributed by atoms with Gasteiger partial charge in [0.15, 0.2) is 0 Å². The highest BCUT2D eigenvalue weighted by Crippen LogP contribution is 2.36. The molecule has 0 bridgehead atoms. The molecule has 0 aliphatic carbocycles. The molecule has 0 radical (unpaired) electrons. The van der Waals surface area contributed by atoms with E-state index in [0.29, 0.717) is 0 Å². The molecular formula is C82H168N4O6. The minimum Gasteiger partial charge on any atom is -0.453 e. The van der Waals surface area contributed by atoms with Crippen molar-refractivity contribution in [2.24, 2.45) is 23.7 Å². The Kier molecular flexibility index (Phi) is 84.3. The number of unbranched alkanes of at least 4 members (excludes halogenated alkanes) is 44. The average molecular weight is 1310 g/mol. The highest BCUT2D eigenvalue weighted by atomic mass is 16.5. The number of nitrogens with one attached hydrogen (secondary N) is 4. The van der Waals surface area contributed by atoms with Crippen LogP contribution in [-0.4, -0.2) is 64.4 Å². The number of amides is 4. The standard InChI is InChI=1S/C40H80N2O4.C40H80N2O2.2CH4/c1-5-7-9-11-13-19-25-31-37(33-27-21-15-17-23-29-35-41-39(43)45-3)38(32-26-20-14-12-10-8-6-2)34-28-22-16-18-24-30-36-42-40(44)46-4;1-5-7-9-11-13-19-25-31-39(33-27-21-15-17-23-29-35-41-37(3)43)40(32-26-20-14-12-10-8-6-2)34-28-22-16-18-24-30-36-42-38(4)44;;/h37-38H,5-36H2,1-4H3,(H,41,43)(H,42,44);39-40H,5-36H2,1-4H3,(H,41,43)(H,42,44);2*1H4. The first-order valence-electron chi connectivity index (χ1n) is 40.2. The number of ether oxygens (including phenoxy) is 2. The molecule has 552 valence electrons. The topological polar surface area (TPSA) is 135 Å². The summed E-state index contributed by atoms with van der Waals surface area (Å²) in [5.74, 6) is 3.88. The van der Waals surface area contributed by atoms with Crippen LogP contribution in [0.5, 0.6) is 0 Å². The van der Waals surface area contributed by atoms with Crippen LogP contribution in [0, 0.1) is 23.7 Å². The molecule has 92 heavy (non-hydrogen) atoms. The number of hydrogen-bond donors (Lipinski definition) is 4. The second kappa shape index (κ2) is 80.9. The van der Waals surface area contributed by atoms with Crippen LogP contribution in [0.15, 0.2) is 0 Å². The maximum atomic E-state index is 11.2. The number of carbonyl (C=O) groups excluding carboxylic acids is 4. The van der Waals surface area contributed by atoms with E-state index in [4.69, 9.17) is 0 Å². The smallest absolute Gasteiger partial charge is 0.406 e. The minimum atomic E-state index is -0.317. The van der Waals surface area contributed by atoms with Gasteiger partial charge in [-0.25, -0.2) is 9.59 Å². The summed E-state index contributed by atoms with van der Waals surface area (Å²) in [6.07, 6.45) is 81.3. The fraction of sp³-hybridized carbons (Fsp3) is 0.951. The van der Waals surface area contributed by atoms with Crippen molar-refractivity contribution in [1.29, 1.82) is 0 Å². The van der Waals surface area contributed by atoms with Crippen LogP contribution in [0.3, 0.4) is 0 Å². The lowest BCUT2D eigenvalue weighted by Gasteiger charge is -2.28. The highest BCUT2D eigenvalue weighted by molar-refractivity contribution is 5.73. The summed E-state index contributed by atoms with van der Waals surface area (Å²) in [5.41, 5.74) is 0. The fourth-order valence-corrected chi connectivity index (χ4v) is 13.9. The molecule has 0 aromatic carbocycles. The molecule has 10 nitrogen and oxygen atoms in total. The second-order valence-corrected chi connectivity index (χ2v) is 28.1. The first-order chi connectivity index (χ1) is 44.1. The Morgan fingerprint density at radius 1 is 0.228 bits per heavy atom. The van der Waals surface area contributed by atoms with Gasteiger partial charge in [-0.05, 0) is 49.4 Å². The molecular weight excluding hydrogens is 1140 g/mol. The van der Waals surface area contributed by atoms with Gasteiger partial charge >= 0.3 is 12.2 Å². The maximum absolute atomic E-state index is 11.2. The fourth-order valence-electron chi connectivity index (χ4n) is 13.9. The van der Waals surface area contributed by atoms with Crippen LogP contribution in [0.2, 0.25) is 0 Å². The molecule has 0 aromatic rings. The van der Waals surface area contributed by atoms with E-state index in [9.17, 15) is 19.2 Å². The third-order valence-electron chi connectivity index (χ3n) is 19.7. The monoisotopic (exact) mass is 1310 g/mol. The predicted octanol–water partition coefficient (Wildman–Crippen LogP) is 26.2. The zero-order chi connectivity index (χ0) is 66.1. The van der Waals surface area contributed by atoms with Crippen LogP contribution in [-0.2, 0) is 19.1 Å². The molecule has 0 saturated heterocycles. The Hall–Kier alpha value is -2.52. The summed E-state index contributed by atoms with van der Waals surface area (Å²) in [6, 6.07) is 0. The summed E-state index contributed by atoms with van der Waals surface area (Å²) < 4.78 is 9.32. The molecule has 0 aromatic heterocycles. The predicted molar refractivity (Wildman–Crippen MR) is 405 cm³/mol. The SMILES string of the molecule is C.C.CCCCCCCCCC(CCCCCCCCNC(=O)OC)C(CCCCCCCCC)CCCCCCCCNC(=O)OC.CCCCCCCCCC(CCCCCCCCNC(C)=O)C(CCCCCCCCC)CCCCCCCCNC(C)=O. The van der Waals surface area contributed by atoms with Gasteiger partial charge in [0.1, 0.15) is 0 Å². The normalized spacial score (nSPS) is 12.3. The van der Waals surface area contributed by atoms with E-state index in [2.05, 4.69) is 58.4 Å². The molecule has 4 N–H and O–H groups in total. The zero-order valence-electron chi connectivity index (χ0n) is 62.0. The molecule has 0 spiro atoms. The van der Waals surface area contributed by atoms with E-state index in [0.717, 1.165) is 75.5 Å². The first kappa shape index (κ1) is 95.9. The van der Waals surface area contributed by atoms with Crippen molar-refractivity contribution in [2.45, 2.75) is 442 Å². The third-order valence-corrected chi connectivity index (χ3v) is 19.7. The van der Waals surface area contributed by atoms with Crippen molar-refractivity contribution >= 4 is 24.0 Å². The molecule has 4 atom stereocenters. The average Bonchev–Trinajstić information content (AvgIpc) is 3.71. The number of hydrogen-bond acceptors (Lipinski definition) is 6. The summed E-state index contributed by atoms with van der Waals surface area (Å²) in [4.78, 5) is 44.6. The molecule has 0 fully saturated rings. The lowest BCUT2D eigenvalue weighted by atomic mass is 9.78. The molecule has 10 heteroatoms. The highest BCUT2D eigenvalue weighted by Gasteiger charge is 2.22. The number of alkyl carbamates (subject to hydrolysis) is 2. The van der Waals surface area contributed by atoms with Gasteiger partial charge in [0, 0.05) is 40.0 Å². The molecule has 0 aliphatic heterocycles. The van der Waals surface area contributed by atoms with Gasteiger partial charge in [0.25, 0.3) is 0 Å². The van der Waals surface area contributed by atoms with E-state index in [-0.39, 0.29) is 38.9 Å². The maximum Gasteiger partial charge on any atom is 0.406 e. The Morgan fingerprint density at radius 2 is 0.370 bits per heavy atom. The number of methoxy groups -OCH3 is 2. The Balaban J connectivity index is -0.000000825. The molecule has 0 saturated carbocycles. The van der Waals surface area contributed by atoms with Crippen LogP contribution < -0.4 is 21.3 Å². The van der Waals surface area contributed by atoms with Crippen molar-refractivity contribution in [3.63, 3.8) is 0 Å². The first-order valence-corrected chi connectivity index (χ1v) is 40.2. The van der Waals surface area contributed by atoms with E-state index in [1.54, 1.807) is 13.8 Å². The van der Waals surface area contributed by atoms with Gasteiger partial charge in [0.05, 0.1) is 14.2 Å². The number of carbonyl (C=O) groups is 4. The summed E-state index contributed by atoms with van der Waals surface area (Å²) >= 11 is 0. The van der Waals surface area contributed by atoms with Gasteiger partial charge in [-0.1, -0.05) is 402 Å².